The van der Waals surface area contributed by atoms with Crippen molar-refractivity contribution in [3.05, 3.63) is 150 Å². The van der Waals surface area contributed by atoms with Crippen LogP contribution < -0.4 is 0 Å². The zero-order chi connectivity index (χ0) is 27.5. The molecule has 1 amide bonds. The van der Waals surface area contributed by atoms with Crippen LogP contribution in [0, 0.1) is 12.7 Å². The quantitative estimate of drug-likeness (QED) is 0.234. The first-order chi connectivity index (χ1) is 19.6. The van der Waals surface area contributed by atoms with Gasteiger partial charge in [0, 0.05) is 37.6 Å². The van der Waals surface area contributed by atoms with Crippen LogP contribution in [0.5, 0.6) is 0 Å². The molecule has 0 radical (unpaired) electrons. The molecular weight excluding hydrogens is 497 g/mol. The number of hydrogen-bond acceptors (Lipinski definition) is 2. The maximum Gasteiger partial charge on any atom is 0.255 e. The van der Waals surface area contributed by atoms with Gasteiger partial charge < -0.3 is 9.47 Å². The van der Waals surface area contributed by atoms with E-state index in [1.807, 2.05) is 60.4 Å². The first kappa shape index (κ1) is 25.8. The SMILES string of the molecule is Cc1c(C(=O)N2CCN(C(c3ccccc3)c3ccccc3)CC2)cc(-c2ccccc2)n1-c1ccc(F)cc1. The van der Waals surface area contributed by atoms with Crippen molar-refractivity contribution in [1.82, 2.24) is 14.4 Å². The number of aromatic nitrogens is 1. The summed E-state index contributed by atoms with van der Waals surface area (Å²) >= 11 is 0. The molecule has 5 heteroatoms. The molecule has 200 valence electrons. The van der Waals surface area contributed by atoms with Crippen molar-refractivity contribution in [1.29, 1.82) is 0 Å². The van der Waals surface area contributed by atoms with E-state index < -0.39 is 0 Å². The zero-order valence-corrected chi connectivity index (χ0v) is 22.6. The minimum atomic E-state index is -0.284. The number of hydrogen-bond donors (Lipinski definition) is 0. The van der Waals surface area contributed by atoms with E-state index in [1.165, 1.54) is 23.3 Å². The second kappa shape index (κ2) is 11.3. The number of rotatable bonds is 6. The average molecular weight is 530 g/mol. The van der Waals surface area contributed by atoms with Crippen molar-refractivity contribution in [2.45, 2.75) is 13.0 Å². The lowest BCUT2D eigenvalue weighted by atomic mass is 9.96. The molecule has 1 aromatic heterocycles. The van der Waals surface area contributed by atoms with Crippen LogP contribution in [0.1, 0.15) is 33.2 Å². The van der Waals surface area contributed by atoms with Gasteiger partial charge in [-0.15, -0.1) is 0 Å². The van der Waals surface area contributed by atoms with Crippen LogP contribution in [-0.2, 0) is 0 Å². The minimum Gasteiger partial charge on any atom is -0.336 e. The Balaban J connectivity index is 1.28. The van der Waals surface area contributed by atoms with E-state index in [4.69, 9.17) is 0 Å². The predicted molar refractivity (Wildman–Crippen MR) is 158 cm³/mol. The van der Waals surface area contributed by atoms with E-state index in [1.54, 1.807) is 12.1 Å². The molecule has 1 aliphatic rings. The van der Waals surface area contributed by atoms with Crippen LogP contribution in [-0.4, -0.2) is 46.5 Å². The van der Waals surface area contributed by atoms with Gasteiger partial charge in [0.15, 0.2) is 0 Å². The Kier molecular flexibility index (Phi) is 7.30. The fourth-order valence-corrected chi connectivity index (χ4v) is 5.81. The second-order valence-corrected chi connectivity index (χ2v) is 10.3. The van der Waals surface area contributed by atoms with Gasteiger partial charge in [-0.25, -0.2) is 4.39 Å². The van der Waals surface area contributed by atoms with E-state index in [-0.39, 0.29) is 17.8 Å². The van der Waals surface area contributed by atoms with Gasteiger partial charge in [0.2, 0.25) is 0 Å². The molecule has 0 saturated carbocycles. The van der Waals surface area contributed by atoms with Crippen molar-refractivity contribution < 1.29 is 9.18 Å². The van der Waals surface area contributed by atoms with Crippen LogP contribution in [0.4, 0.5) is 4.39 Å². The van der Waals surface area contributed by atoms with Gasteiger partial charge in [0.25, 0.3) is 5.91 Å². The summed E-state index contributed by atoms with van der Waals surface area (Å²) in [5, 5.41) is 0. The van der Waals surface area contributed by atoms with Crippen molar-refractivity contribution in [3.63, 3.8) is 0 Å². The maximum atomic E-state index is 14.0. The predicted octanol–water partition coefficient (Wildman–Crippen LogP) is 7.14. The fraction of sp³-hybridized carbons (Fsp3) is 0.171. The number of nitrogens with zero attached hydrogens (tertiary/aromatic N) is 3. The second-order valence-electron chi connectivity index (χ2n) is 10.3. The van der Waals surface area contributed by atoms with Gasteiger partial charge in [0.1, 0.15) is 5.82 Å². The van der Waals surface area contributed by atoms with Crippen LogP contribution >= 0.6 is 0 Å². The average Bonchev–Trinajstić information content (AvgIpc) is 3.36. The van der Waals surface area contributed by atoms with Crippen LogP contribution in [0.2, 0.25) is 0 Å². The topological polar surface area (TPSA) is 28.5 Å². The summed E-state index contributed by atoms with van der Waals surface area (Å²) in [5.41, 5.74) is 6.80. The molecule has 4 aromatic carbocycles. The van der Waals surface area contributed by atoms with Crippen molar-refractivity contribution in [2.24, 2.45) is 0 Å². The molecule has 0 spiro atoms. The van der Waals surface area contributed by atoms with Gasteiger partial charge in [-0.2, -0.15) is 0 Å². The normalized spacial score (nSPS) is 14.0. The standard InChI is InChI=1S/C35H32FN3O/c1-26-32(25-33(27-11-5-2-6-12-27)39(26)31-19-17-30(36)18-20-31)35(40)38-23-21-37(22-24-38)34(28-13-7-3-8-14-28)29-15-9-4-10-16-29/h2-20,25,34H,21-24H2,1H3. The van der Waals surface area contributed by atoms with Crippen LogP contribution in [0.15, 0.2) is 121 Å². The summed E-state index contributed by atoms with van der Waals surface area (Å²) in [5.74, 6) is -0.250. The first-order valence-corrected chi connectivity index (χ1v) is 13.8. The molecule has 0 bridgehead atoms. The van der Waals surface area contributed by atoms with Gasteiger partial charge in [-0.3, -0.25) is 9.69 Å². The smallest absolute Gasteiger partial charge is 0.255 e. The lowest BCUT2D eigenvalue weighted by Crippen LogP contribution is -2.50. The zero-order valence-electron chi connectivity index (χ0n) is 22.6. The third kappa shape index (κ3) is 5.08. The van der Waals surface area contributed by atoms with Crippen LogP contribution in [0.25, 0.3) is 16.9 Å². The van der Waals surface area contributed by atoms with Gasteiger partial charge in [-0.1, -0.05) is 91.0 Å². The van der Waals surface area contributed by atoms with Crippen molar-refractivity contribution in [2.75, 3.05) is 26.2 Å². The van der Waals surface area contributed by atoms with Gasteiger partial charge in [-0.05, 0) is 53.9 Å². The molecule has 6 rings (SSSR count). The fourth-order valence-electron chi connectivity index (χ4n) is 5.81. The number of benzene rings is 4. The summed E-state index contributed by atoms with van der Waals surface area (Å²) in [4.78, 5) is 18.4. The number of amides is 1. The van der Waals surface area contributed by atoms with E-state index in [9.17, 15) is 9.18 Å². The molecule has 40 heavy (non-hydrogen) atoms. The van der Waals surface area contributed by atoms with E-state index in [0.717, 1.165) is 35.7 Å². The third-order valence-electron chi connectivity index (χ3n) is 7.83. The van der Waals surface area contributed by atoms with Gasteiger partial charge >= 0.3 is 0 Å². The summed E-state index contributed by atoms with van der Waals surface area (Å²) in [6.45, 7) is 4.83. The van der Waals surface area contributed by atoms with E-state index in [2.05, 4.69) is 58.0 Å². The Morgan fingerprint density at radius 3 is 1.77 bits per heavy atom. The number of carbonyl (C=O) groups excluding carboxylic acids is 1. The third-order valence-corrected chi connectivity index (χ3v) is 7.83. The monoisotopic (exact) mass is 529 g/mol. The number of halogens is 1. The lowest BCUT2D eigenvalue weighted by molar-refractivity contribution is 0.0596. The molecule has 0 unspecified atom stereocenters. The Bertz CT molecular complexity index is 1530. The molecule has 1 saturated heterocycles. The maximum absolute atomic E-state index is 14.0. The highest BCUT2D eigenvalue weighted by atomic mass is 19.1. The van der Waals surface area contributed by atoms with Crippen molar-refractivity contribution in [3.8, 4) is 16.9 Å². The molecule has 0 aliphatic carbocycles. The summed E-state index contributed by atoms with van der Waals surface area (Å²) < 4.78 is 15.8. The molecule has 1 aliphatic heterocycles. The minimum absolute atomic E-state index is 0.0335. The number of piperazine rings is 1. The lowest BCUT2D eigenvalue weighted by Gasteiger charge is -2.39. The van der Waals surface area contributed by atoms with Gasteiger partial charge in [0.05, 0.1) is 17.3 Å². The Morgan fingerprint density at radius 2 is 1.23 bits per heavy atom. The Hall–Kier alpha value is -4.48. The molecule has 1 fully saturated rings. The molecule has 0 N–H and O–H groups in total. The summed E-state index contributed by atoms with van der Waals surface area (Å²) in [6, 6.07) is 39.8. The van der Waals surface area contributed by atoms with E-state index in [0.29, 0.717) is 18.7 Å². The molecular formula is C35H32FN3O. The Labute approximate surface area is 234 Å². The largest absolute Gasteiger partial charge is 0.336 e. The summed E-state index contributed by atoms with van der Waals surface area (Å²) in [6.07, 6.45) is 0. The molecule has 5 aromatic rings. The highest BCUT2D eigenvalue weighted by Gasteiger charge is 2.30. The molecule has 0 atom stereocenters. The molecule has 2 heterocycles. The Morgan fingerprint density at radius 1 is 0.700 bits per heavy atom. The highest BCUT2D eigenvalue weighted by molar-refractivity contribution is 5.97. The first-order valence-electron chi connectivity index (χ1n) is 13.8. The van der Waals surface area contributed by atoms with Crippen LogP contribution in [0.3, 0.4) is 0 Å². The van der Waals surface area contributed by atoms with E-state index >= 15 is 0 Å². The highest BCUT2D eigenvalue weighted by Crippen LogP contribution is 2.32. The summed E-state index contributed by atoms with van der Waals surface area (Å²) in [7, 11) is 0. The van der Waals surface area contributed by atoms with Crippen molar-refractivity contribution >= 4 is 5.91 Å². The number of carbonyl (C=O) groups is 1. The molecule has 4 nitrogen and oxygen atoms in total.